The molecule has 0 atom stereocenters. The zero-order valence-electron chi connectivity index (χ0n) is 9.53. The van der Waals surface area contributed by atoms with Crippen LogP contribution in [-0.2, 0) is 6.54 Å². The second-order valence-electron chi connectivity index (χ2n) is 3.44. The number of benzene rings is 1. The van der Waals surface area contributed by atoms with Crippen molar-refractivity contribution in [3.63, 3.8) is 0 Å². The highest BCUT2D eigenvalue weighted by atomic mass is 16.6. The number of nitrogens with one attached hydrogen (secondary N) is 1. The quantitative estimate of drug-likeness (QED) is 0.456. The largest absolute Gasteiger partial charge is 0.490 e. The van der Waals surface area contributed by atoms with Crippen LogP contribution in [0.5, 0.6) is 5.75 Å². The van der Waals surface area contributed by atoms with Crippen LogP contribution in [0.4, 0.5) is 5.69 Å². The Morgan fingerprint density at radius 1 is 1.50 bits per heavy atom. The topological polar surface area (TPSA) is 64.4 Å². The van der Waals surface area contributed by atoms with Crippen LogP contribution < -0.4 is 10.1 Å². The molecule has 0 aliphatic carbocycles. The highest BCUT2D eigenvalue weighted by molar-refractivity contribution is 5.48. The van der Waals surface area contributed by atoms with Gasteiger partial charge in [-0.3, -0.25) is 10.1 Å². The molecule has 16 heavy (non-hydrogen) atoms. The minimum atomic E-state index is -0.442. The molecular weight excluding hydrogens is 208 g/mol. The van der Waals surface area contributed by atoms with E-state index in [2.05, 4.69) is 12.2 Å². The molecular formula is C11H16N2O3. The molecule has 0 unspecified atom stereocenters. The highest BCUT2D eigenvalue weighted by Crippen LogP contribution is 2.27. The van der Waals surface area contributed by atoms with Crippen LogP contribution in [0.1, 0.15) is 18.9 Å². The lowest BCUT2D eigenvalue weighted by atomic mass is 10.2. The lowest BCUT2D eigenvalue weighted by molar-refractivity contribution is -0.385. The van der Waals surface area contributed by atoms with Crippen LogP contribution in [0, 0.1) is 10.1 Å². The van der Waals surface area contributed by atoms with Crippen molar-refractivity contribution in [1.29, 1.82) is 0 Å². The summed E-state index contributed by atoms with van der Waals surface area (Å²) in [4.78, 5) is 10.2. The van der Waals surface area contributed by atoms with Crippen LogP contribution in [0.15, 0.2) is 18.2 Å². The smallest absolute Gasteiger partial charge is 0.310 e. The van der Waals surface area contributed by atoms with Gasteiger partial charge in [0.05, 0.1) is 12.0 Å². The van der Waals surface area contributed by atoms with E-state index in [0.29, 0.717) is 12.3 Å². The van der Waals surface area contributed by atoms with E-state index in [1.807, 2.05) is 0 Å². The zero-order chi connectivity index (χ0) is 12.0. The van der Waals surface area contributed by atoms with Gasteiger partial charge in [0.1, 0.15) is 0 Å². The molecule has 0 fully saturated rings. The van der Waals surface area contributed by atoms with E-state index in [-0.39, 0.29) is 5.69 Å². The van der Waals surface area contributed by atoms with Gasteiger partial charge in [-0.1, -0.05) is 13.0 Å². The molecule has 0 bridgehead atoms. The maximum atomic E-state index is 10.7. The first kappa shape index (κ1) is 12.4. The van der Waals surface area contributed by atoms with Crippen LogP contribution in [0.2, 0.25) is 0 Å². The lowest BCUT2D eigenvalue weighted by Crippen LogP contribution is -2.13. The third-order valence-electron chi connectivity index (χ3n) is 2.20. The van der Waals surface area contributed by atoms with Crippen molar-refractivity contribution in [1.82, 2.24) is 5.32 Å². The van der Waals surface area contributed by atoms with E-state index >= 15 is 0 Å². The number of ether oxygens (including phenoxy) is 1. The van der Waals surface area contributed by atoms with Crippen molar-refractivity contribution in [2.24, 2.45) is 0 Å². The average molecular weight is 224 g/mol. The standard InChI is InChI=1S/C11H16N2O3/c1-3-6-12-8-9-4-5-10(13(14)15)11(7-9)16-2/h4-5,7,12H,3,6,8H2,1-2H3. The fourth-order valence-electron chi connectivity index (χ4n) is 1.39. The molecule has 1 aromatic carbocycles. The summed E-state index contributed by atoms with van der Waals surface area (Å²) in [5, 5.41) is 13.9. The van der Waals surface area contributed by atoms with E-state index < -0.39 is 4.92 Å². The molecule has 1 rings (SSSR count). The van der Waals surface area contributed by atoms with E-state index in [1.54, 1.807) is 12.1 Å². The van der Waals surface area contributed by atoms with E-state index in [9.17, 15) is 10.1 Å². The molecule has 88 valence electrons. The van der Waals surface area contributed by atoms with E-state index in [0.717, 1.165) is 18.5 Å². The predicted octanol–water partition coefficient (Wildman–Crippen LogP) is 2.10. The second-order valence-corrected chi connectivity index (χ2v) is 3.44. The monoisotopic (exact) mass is 224 g/mol. The van der Waals surface area contributed by atoms with Gasteiger partial charge in [0, 0.05) is 12.6 Å². The summed E-state index contributed by atoms with van der Waals surface area (Å²) in [6, 6.07) is 4.91. The molecule has 0 aliphatic heterocycles. The van der Waals surface area contributed by atoms with Gasteiger partial charge in [-0.25, -0.2) is 0 Å². The fourth-order valence-corrected chi connectivity index (χ4v) is 1.39. The predicted molar refractivity (Wildman–Crippen MR) is 61.6 cm³/mol. The van der Waals surface area contributed by atoms with Crippen molar-refractivity contribution >= 4 is 5.69 Å². The van der Waals surface area contributed by atoms with Gasteiger partial charge in [0.15, 0.2) is 5.75 Å². The van der Waals surface area contributed by atoms with Gasteiger partial charge in [0.25, 0.3) is 0 Å². The normalized spacial score (nSPS) is 10.1. The SMILES string of the molecule is CCCNCc1ccc([N+](=O)[O-])c(OC)c1. The summed E-state index contributed by atoms with van der Waals surface area (Å²) in [7, 11) is 1.44. The third kappa shape index (κ3) is 3.20. The Labute approximate surface area is 94.6 Å². The minimum absolute atomic E-state index is 0.00161. The molecule has 0 spiro atoms. The summed E-state index contributed by atoms with van der Waals surface area (Å²) in [5.74, 6) is 0.306. The lowest BCUT2D eigenvalue weighted by Gasteiger charge is -2.06. The van der Waals surface area contributed by atoms with E-state index in [1.165, 1.54) is 13.2 Å². The summed E-state index contributed by atoms with van der Waals surface area (Å²) < 4.78 is 4.98. The third-order valence-corrected chi connectivity index (χ3v) is 2.20. The van der Waals surface area contributed by atoms with Crippen LogP contribution in [0.3, 0.4) is 0 Å². The molecule has 0 aliphatic rings. The molecule has 5 nitrogen and oxygen atoms in total. The Hall–Kier alpha value is -1.62. The van der Waals surface area contributed by atoms with Gasteiger partial charge in [-0.2, -0.15) is 0 Å². The average Bonchev–Trinajstić information content (AvgIpc) is 2.29. The molecule has 0 aromatic heterocycles. The Morgan fingerprint density at radius 2 is 2.25 bits per heavy atom. The van der Waals surface area contributed by atoms with Crippen molar-refractivity contribution in [2.45, 2.75) is 19.9 Å². The van der Waals surface area contributed by atoms with Crippen molar-refractivity contribution < 1.29 is 9.66 Å². The molecule has 1 N–H and O–H groups in total. The number of nitro benzene ring substituents is 1. The minimum Gasteiger partial charge on any atom is -0.490 e. The fraction of sp³-hybridized carbons (Fsp3) is 0.455. The van der Waals surface area contributed by atoms with Gasteiger partial charge < -0.3 is 10.1 Å². The number of nitrogens with zero attached hydrogens (tertiary/aromatic N) is 1. The zero-order valence-corrected chi connectivity index (χ0v) is 9.53. The molecule has 0 saturated heterocycles. The van der Waals surface area contributed by atoms with Crippen molar-refractivity contribution in [2.75, 3.05) is 13.7 Å². The van der Waals surface area contributed by atoms with Gasteiger partial charge in [-0.05, 0) is 24.6 Å². The van der Waals surface area contributed by atoms with E-state index in [4.69, 9.17) is 4.74 Å². The number of hydrogen-bond acceptors (Lipinski definition) is 4. The maximum absolute atomic E-state index is 10.7. The van der Waals surface area contributed by atoms with Crippen molar-refractivity contribution in [3.8, 4) is 5.75 Å². The summed E-state index contributed by atoms with van der Waals surface area (Å²) in [6.07, 6.45) is 1.06. The van der Waals surface area contributed by atoms with Crippen LogP contribution in [-0.4, -0.2) is 18.6 Å². The first-order valence-electron chi connectivity index (χ1n) is 5.21. The number of methoxy groups -OCH3 is 1. The van der Waals surface area contributed by atoms with Gasteiger partial charge in [-0.15, -0.1) is 0 Å². The Balaban J connectivity index is 2.78. The first-order chi connectivity index (χ1) is 7.69. The molecule has 0 amide bonds. The first-order valence-corrected chi connectivity index (χ1v) is 5.21. The summed E-state index contributed by atoms with van der Waals surface area (Å²) in [6.45, 7) is 3.71. The Kier molecular flexibility index (Phi) is 4.72. The Bertz CT molecular complexity index is 366. The molecule has 0 saturated carbocycles. The highest BCUT2D eigenvalue weighted by Gasteiger charge is 2.14. The Morgan fingerprint density at radius 3 is 2.81 bits per heavy atom. The summed E-state index contributed by atoms with van der Waals surface area (Å²) >= 11 is 0. The van der Waals surface area contributed by atoms with Crippen molar-refractivity contribution in [3.05, 3.63) is 33.9 Å². The number of rotatable bonds is 6. The maximum Gasteiger partial charge on any atom is 0.310 e. The molecule has 0 radical (unpaired) electrons. The number of hydrogen-bond donors (Lipinski definition) is 1. The van der Waals surface area contributed by atoms with Crippen LogP contribution >= 0.6 is 0 Å². The molecule has 1 aromatic rings. The number of nitro groups is 1. The molecule has 5 heteroatoms. The molecule has 0 heterocycles. The van der Waals surface area contributed by atoms with Gasteiger partial charge >= 0.3 is 5.69 Å². The van der Waals surface area contributed by atoms with Crippen LogP contribution in [0.25, 0.3) is 0 Å². The second kappa shape index (κ2) is 6.07. The summed E-state index contributed by atoms with van der Waals surface area (Å²) in [5.41, 5.74) is 0.984. The van der Waals surface area contributed by atoms with Gasteiger partial charge in [0.2, 0.25) is 0 Å².